The van der Waals surface area contributed by atoms with E-state index in [1.807, 2.05) is 32.2 Å². The second kappa shape index (κ2) is 8.27. The van der Waals surface area contributed by atoms with Gasteiger partial charge >= 0.3 is 0 Å². The molecule has 0 atom stereocenters. The molecule has 1 aliphatic rings. The van der Waals surface area contributed by atoms with Crippen molar-refractivity contribution >= 4 is 5.91 Å². The Hall–Kier alpha value is -3.46. The molecule has 2 aromatic heterocycles. The zero-order valence-corrected chi connectivity index (χ0v) is 16.3. The topological polar surface area (TPSA) is 94.4 Å². The zero-order chi connectivity index (χ0) is 20.2. The molecular weight excluding hydrogens is 372 g/mol. The van der Waals surface area contributed by atoms with Crippen LogP contribution >= 0.6 is 0 Å². The number of hydrogen-bond donors (Lipinski definition) is 1. The van der Waals surface area contributed by atoms with Crippen LogP contribution in [0.2, 0.25) is 0 Å². The molecule has 0 bridgehead atoms. The quantitative estimate of drug-likeness (QED) is 0.650. The van der Waals surface area contributed by atoms with Gasteiger partial charge in [0.2, 0.25) is 12.7 Å². The number of nitrogens with one attached hydrogen (secondary N) is 1. The highest BCUT2D eigenvalue weighted by Crippen LogP contribution is 2.32. The number of amides is 1. The lowest BCUT2D eigenvalue weighted by molar-refractivity contribution is 0.0944. The van der Waals surface area contributed by atoms with Crippen LogP contribution in [0.25, 0.3) is 5.95 Å². The summed E-state index contributed by atoms with van der Waals surface area (Å²) in [5.74, 6) is 1.75. The minimum Gasteiger partial charge on any atom is -0.454 e. The lowest BCUT2D eigenvalue weighted by Crippen LogP contribution is -2.33. The molecule has 4 rings (SSSR count). The van der Waals surface area contributed by atoms with Crippen LogP contribution in [0.3, 0.4) is 0 Å². The number of likely N-dealkylation sites (N-methyl/N-ethyl adjacent to an activating group) is 1. The Bertz CT molecular complexity index is 1010. The van der Waals surface area contributed by atoms with Gasteiger partial charge in [0, 0.05) is 37.7 Å². The summed E-state index contributed by atoms with van der Waals surface area (Å²) < 4.78 is 12.4. The summed E-state index contributed by atoms with van der Waals surface area (Å²) in [6.07, 6.45) is 4.98. The van der Waals surface area contributed by atoms with Crippen molar-refractivity contribution in [3.05, 3.63) is 59.9 Å². The van der Waals surface area contributed by atoms with Gasteiger partial charge in [0.25, 0.3) is 5.91 Å². The molecule has 1 amide bonds. The van der Waals surface area contributed by atoms with E-state index in [2.05, 4.69) is 25.2 Å². The number of hydrogen-bond acceptors (Lipinski definition) is 7. The van der Waals surface area contributed by atoms with Crippen LogP contribution < -0.4 is 14.8 Å². The lowest BCUT2D eigenvalue weighted by atomic mass is 10.2. The average Bonchev–Trinajstić information content (AvgIpc) is 3.39. The predicted molar refractivity (Wildman–Crippen MR) is 105 cm³/mol. The summed E-state index contributed by atoms with van der Waals surface area (Å²) in [5.41, 5.74) is 2.17. The first-order valence-corrected chi connectivity index (χ1v) is 9.28. The fraction of sp³-hybridized carbons (Fsp3) is 0.300. The molecule has 0 unspecified atom stereocenters. The van der Waals surface area contributed by atoms with Gasteiger partial charge in [0.1, 0.15) is 12.0 Å². The van der Waals surface area contributed by atoms with Gasteiger partial charge in [-0.15, -0.1) is 0 Å². The van der Waals surface area contributed by atoms with Gasteiger partial charge in [-0.1, -0.05) is 6.07 Å². The smallest absolute Gasteiger partial charge is 0.270 e. The summed E-state index contributed by atoms with van der Waals surface area (Å²) in [6.45, 7) is 4.04. The first kappa shape index (κ1) is 18.9. The highest BCUT2D eigenvalue weighted by molar-refractivity contribution is 5.92. The normalized spacial score (nSPS) is 12.4. The van der Waals surface area contributed by atoms with Crippen molar-refractivity contribution < 1.29 is 14.3 Å². The zero-order valence-electron chi connectivity index (χ0n) is 16.3. The summed E-state index contributed by atoms with van der Waals surface area (Å²) in [6, 6.07) is 7.59. The third-order valence-electron chi connectivity index (χ3n) is 4.48. The van der Waals surface area contributed by atoms with Crippen molar-refractivity contribution in [3.63, 3.8) is 0 Å². The molecule has 0 fully saturated rings. The van der Waals surface area contributed by atoms with Crippen LogP contribution in [0.5, 0.6) is 11.5 Å². The average molecular weight is 394 g/mol. The number of aryl methyl sites for hydroxylation is 1. The maximum atomic E-state index is 12.5. The van der Waals surface area contributed by atoms with E-state index in [4.69, 9.17) is 9.47 Å². The molecule has 1 N–H and O–H groups in total. The van der Waals surface area contributed by atoms with E-state index in [0.29, 0.717) is 30.4 Å². The molecule has 0 saturated carbocycles. The van der Waals surface area contributed by atoms with Crippen LogP contribution in [0, 0.1) is 6.92 Å². The van der Waals surface area contributed by atoms with E-state index in [1.165, 1.54) is 0 Å². The Morgan fingerprint density at radius 2 is 2.10 bits per heavy atom. The third kappa shape index (κ3) is 4.52. The van der Waals surface area contributed by atoms with Crippen LogP contribution in [-0.4, -0.2) is 57.3 Å². The van der Waals surface area contributed by atoms with Crippen LogP contribution in [-0.2, 0) is 6.54 Å². The van der Waals surface area contributed by atoms with Gasteiger partial charge in [0.15, 0.2) is 11.5 Å². The largest absolute Gasteiger partial charge is 0.454 e. The number of carbonyl (C=O) groups is 1. The van der Waals surface area contributed by atoms with Gasteiger partial charge in [-0.25, -0.2) is 15.0 Å². The highest BCUT2D eigenvalue weighted by Gasteiger charge is 2.14. The molecule has 0 aliphatic carbocycles. The number of fused-ring (bicyclic) bond motifs is 1. The minimum atomic E-state index is -0.228. The number of rotatable bonds is 7. The number of imidazole rings is 1. The summed E-state index contributed by atoms with van der Waals surface area (Å²) in [7, 11) is 2.00. The molecule has 9 nitrogen and oxygen atoms in total. The summed E-state index contributed by atoms with van der Waals surface area (Å²) >= 11 is 0. The molecule has 1 aromatic carbocycles. The highest BCUT2D eigenvalue weighted by atomic mass is 16.7. The molecule has 0 radical (unpaired) electrons. The van der Waals surface area contributed by atoms with Crippen molar-refractivity contribution in [1.29, 1.82) is 0 Å². The number of aromatic nitrogens is 4. The first-order chi connectivity index (χ1) is 14.1. The second-order valence-electron chi connectivity index (χ2n) is 6.85. The molecular formula is C20H22N6O3. The Balaban J connectivity index is 1.31. The Kier molecular flexibility index (Phi) is 5.39. The maximum absolute atomic E-state index is 12.5. The summed E-state index contributed by atoms with van der Waals surface area (Å²) in [4.78, 5) is 27.3. The van der Waals surface area contributed by atoms with E-state index < -0.39 is 0 Å². The molecule has 0 spiro atoms. The number of nitrogens with zero attached hydrogens (tertiary/aromatic N) is 5. The molecule has 29 heavy (non-hydrogen) atoms. The van der Waals surface area contributed by atoms with Gasteiger partial charge in [-0.2, -0.15) is 0 Å². The maximum Gasteiger partial charge on any atom is 0.270 e. The van der Waals surface area contributed by atoms with E-state index in [-0.39, 0.29) is 12.7 Å². The van der Waals surface area contributed by atoms with E-state index >= 15 is 0 Å². The van der Waals surface area contributed by atoms with Gasteiger partial charge < -0.3 is 19.7 Å². The number of carbonyl (C=O) groups excluding carboxylic acids is 1. The molecule has 3 heterocycles. The number of ether oxygens (including phenoxy) is 2. The molecule has 1 aliphatic heterocycles. The van der Waals surface area contributed by atoms with Crippen molar-refractivity contribution in [1.82, 2.24) is 29.7 Å². The fourth-order valence-corrected chi connectivity index (χ4v) is 3.04. The van der Waals surface area contributed by atoms with Crippen molar-refractivity contribution in [2.75, 3.05) is 26.9 Å². The Morgan fingerprint density at radius 3 is 2.93 bits per heavy atom. The second-order valence-corrected chi connectivity index (χ2v) is 6.85. The van der Waals surface area contributed by atoms with Crippen LogP contribution in [0.4, 0.5) is 0 Å². The Morgan fingerprint density at radius 1 is 1.24 bits per heavy atom. The van der Waals surface area contributed by atoms with E-state index in [0.717, 1.165) is 23.6 Å². The van der Waals surface area contributed by atoms with Crippen LogP contribution in [0.15, 0.2) is 43.0 Å². The van der Waals surface area contributed by atoms with Gasteiger partial charge in [-0.3, -0.25) is 9.36 Å². The SMILES string of the molecule is Cc1cc(C(=O)NCCN(C)Cc2ccc3c(c2)OCO3)nc(-n2ccnc2)n1. The van der Waals surface area contributed by atoms with E-state index in [1.54, 1.807) is 29.4 Å². The summed E-state index contributed by atoms with van der Waals surface area (Å²) in [5, 5.41) is 2.92. The van der Waals surface area contributed by atoms with Gasteiger partial charge in [0.05, 0.1) is 0 Å². The molecule has 3 aromatic rings. The third-order valence-corrected chi connectivity index (χ3v) is 4.48. The van der Waals surface area contributed by atoms with Gasteiger partial charge in [-0.05, 0) is 37.7 Å². The van der Waals surface area contributed by atoms with Crippen LogP contribution in [0.1, 0.15) is 21.7 Å². The van der Waals surface area contributed by atoms with E-state index in [9.17, 15) is 4.79 Å². The molecule has 150 valence electrons. The monoisotopic (exact) mass is 394 g/mol. The lowest BCUT2D eigenvalue weighted by Gasteiger charge is -2.17. The minimum absolute atomic E-state index is 0.228. The number of benzene rings is 1. The fourth-order valence-electron chi connectivity index (χ4n) is 3.04. The predicted octanol–water partition coefficient (Wildman–Crippen LogP) is 1.56. The first-order valence-electron chi connectivity index (χ1n) is 9.28. The standard InChI is InChI=1S/C20H22N6O3/c1-14-9-16(24-20(23-14)26-8-5-21-12-26)19(27)22-6-7-25(2)11-15-3-4-17-18(10-15)29-13-28-17/h3-5,8-10,12H,6-7,11,13H2,1-2H3,(H,22,27). The Labute approximate surface area is 168 Å². The molecule has 0 saturated heterocycles. The van der Waals surface area contributed by atoms with Crippen molar-refractivity contribution in [3.8, 4) is 17.4 Å². The van der Waals surface area contributed by atoms with Crippen molar-refractivity contribution in [2.24, 2.45) is 0 Å². The molecule has 9 heteroatoms. The van der Waals surface area contributed by atoms with Crippen molar-refractivity contribution in [2.45, 2.75) is 13.5 Å².